The van der Waals surface area contributed by atoms with Gasteiger partial charge in [-0.05, 0) is 18.6 Å². The van der Waals surface area contributed by atoms with E-state index < -0.39 is 0 Å². The molecule has 3 rings (SSSR count). The first-order valence-corrected chi connectivity index (χ1v) is 8.90. The van der Waals surface area contributed by atoms with E-state index in [-0.39, 0.29) is 11.8 Å². The molecule has 0 atom stereocenters. The molecule has 1 aliphatic heterocycles. The minimum absolute atomic E-state index is 0.201. The van der Waals surface area contributed by atoms with E-state index in [9.17, 15) is 0 Å². The second kappa shape index (κ2) is 9.24. The molecular formula is C18H25N7O2. The lowest BCUT2D eigenvalue weighted by Crippen LogP contribution is -2.38. The summed E-state index contributed by atoms with van der Waals surface area (Å²) in [5.41, 5.74) is 14.5. The third-order valence-electron chi connectivity index (χ3n) is 4.17. The number of rotatable bonds is 7. The summed E-state index contributed by atoms with van der Waals surface area (Å²) in [5.74, 6) is 0.644. The van der Waals surface area contributed by atoms with Crippen LogP contribution in [0.1, 0.15) is 11.1 Å². The van der Waals surface area contributed by atoms with Gasteiger partial charge in [-0.2, -0.15) is 15.1 Å². The highest BCUT2D eigenvalue weighted by atomic mass is 16.5. The molecule has 1 saturated heterocycles. The van der Waals surface area contributed by atoms with Gasteiger partial charge in [-0.15, -0.1) is 5.11 Å². The van der Waals surface area contributed by atoms with Gasteiger partial charge in [0.05, 0.1) is 19.8 Å². The van der Waals surface area contributed by atoms with Crippen molar-refractivity contribution < 1.29 is 9.47 Å². The zero-order valence-electron chi connectivity index (χ0n) is 15.5. The number of hydrogen-bond donors (Lipinski definition) is 2. The normalized spacial score (nSPS) is 15.3. The van der Waals surface area contributed by atoms with E-state index in [1.54, 1.807) is 6.07 Å². The fourth-order valence-electron chi connectivity index (χ4n) is 2.69. The Morgan fingerprint density at radius 2 is 2.00 bits per heavy atom. The number of nitrogens with zero attached hydrogens (tertiary/aromatic N) is 5. The van der Waals surface area contributed by atoms with Crippen molar-refractivity contribution in [2.75, 3.05) is 50.9 Å². The van der Waals surface area contributed by atoms with Crippen molar-refractivity contribution in [1.82, 2.24) is 14.9 Å². The van der Waals surface area contributed by atoms with Gasteiger partial charge in [-0.25, -0.2) is 0 Å². The first-order valence-electron chi connectivity index (χ1n) is 8.90. The minimum Gasteiger partial charge on any atom is -0.462 e. The fourth-order valence-corrected chi connectivity index (χ4v) is 2.69. The molecule has 4 N–H and O–H groups in total. The third kappa shape index (κ3) is 5.87. The topological polar surface area (TPSA) is 124 Å². The molecule has 1 fully saturated rings. The van der Waals surface area contributed by atoms with Crippen LogP contribution in [0.4, 0.5) is 17.3 Å². The summed E-state index contributed by atoms with van der Waals surface area (Å²) in [6.45, 7) is 6.95. The molecule has 9 nitrogen and oxygen atoms in total. The Morgan fingerprint density at radius 3 is 2.81 bits per heavy atom. The van der Waals surface area contributed by atoms with Gasteiger partial charge in [-0.1, -0.05) is 17.7 Å². The highest BCUT2D eigenvalue weighted by Gasteiger charge is 2.11. The van der Waals surface area contributed by atoms with Crippen LogP contribution in [0.5, 0.6) is 6.01 Å². The van der Waals surface area contributed by atoms with Gasteiger partial charge in [0.1, 0.15) is 12.4 Å². The van der Waals surface area contributed by atoms with E-state index in [1.165, 1.54) is 0 Å². The molecule has 2 aromatic rings. The molecule has 0 bridgehead atoms. The maximum atomic E-state index is 5.95. The Balaban J connectivity index is 1.56. The van der Waals surface area contributed by atoms with Crippen molar-refractivity contribution in [3.05, 3.63) is 35.4 Å². The number of benzene rings is 1. The summed E-state index contributed by atoms with van der Waals surface area (Å²) in [5, 5.41) is 8.29. The maximum Gasteiger partial charge on any atom is 0.320 e. The number of ether oxygens (including phenoxy) is 2. The SMILES string of the molecule is Cc1ccc(N)c(CN=Nc2cc(N)nc(OCCN3CCOCC3)n2)c1. The second-order valence-electron chi connectivity index (χ2n) is 6.34. The summed E-state index contributed by atoms with van der Waals surface area (Å²) >= 11 is 0. The lowest BCUT2D eigenvalue weighted by Gasteiger charge is -2.26. The molecular weight excluding hydrogens is 346 g/mol. The van der Waals surface area contributed by atoms with Crippen molar-refractivity contribution >= 4 is 17.3 Å². The first kappa shape index (κ1) is 19.0. The van der Waals surface area contributed by atoms with Crippen LogP contribution in [-0.2, 0) is 11.3 Å². The lowest BCUT2D eigenvalue weighted by atomic mass is 10.1. The number of aromatic nitrogens is 2. The predicted molar refractivity (Wildman–Crippen MR) is 103 cm³/mol. The number of morpholine rings is 1. The van der Waals surface area contributed by atoms with Crippen molar-refractivity contribution in [2.45, 2.75) is 13.5 Å². The molecule has 0 amide bonds. The Hall–Kier alpha value is -2.78. The molecule has 144 valence electrons. The molecule has 9 heteroatoms. The smallest absolute Gasteiger partial charge is 0.320 e. The molecule has 1 aliphatic rings. The number of azo groups is 1. The number of aryl methyl sites for hydroxylation is 1. The van der Waals surface area contributed by atoms with E-state index in [4.69, 9.17) is 20.9 Å². The standard InChI is InChI=1S/C18H25N7O2/c1-13-2-3-15(19)14(10-13)12-21-24-17-11-16(20)22-18(23-17)27-9-6-25-4-7-26-8-5-25/h2-3,10-11H,4-9,12,19H2,1H3,(H2,20,22,23). The van der Waals surface area contributed by atoms with Gasteiger partial charge < -0.3 is 20.9 Å². The average molecular weight is 371 g/mol. The van der Waals surface area contributed by atoms with Crippen molar-refractivity contribution in [3.8, 4) is 6.01 Å². The monoisotopic (exact) mass is 371 g/mol. The zero-order chi connectivity index (χ0) is 19.1. The highest BCUT2D eigenvalue weighted by molar-refractivity contribution is 5.48. The van der Waals surface area contributed by atoms with Gasteiger partial charge in [0.25, 0.3) is 0 Å². The van der Waals surface area contributed by atoms with Crippen LogP contribution in [0.3, 0.4) is 0 Å². The van der Waals surface area contributed by atoms with Crippen molar-refractivity contribution in [2.24, 2.45) is 10.2 Å². The Bertz CT molecular complexity index is 791. The molecule has 27 heavy (non-hydrogen) atoms. The minimum atomic E-state index is 0.201. The average Bonchev–Trinajstić information content (AvgIpc) is 2.65. The van der Waals surface area contributed by atoms with Crippen molar-refractivity contribution in [3.63, 3.8) is 0 Å². The van der Waals surface area contributed by atoms with E-state index >= 15 is 0 Å². The Kier molecular flexibility index (Phi) is 6.50. The molecule has 1 aromatic heterocycles. The zero-order valence-corrected chi connectivity index (χ0v) is 15.5. The molecule has 0 spiro atoms. The molecule has 2 heterocycles. The molecule has 0 radical (unpaired) electrons. The van der Waals surface area contributed by atoms with Crippen LogP contribution < -0.4 is 16.2 Å². The summed E-state index contributed by atoms with van der Waals surface area (Å²) in [6, 6.07) is 7.57. The first-order chi connectivity index (χ1) is 13.1. The summed E-state index contributed by atoms with van der Waals surface area (Å²) in [7, 11) is 0. The fraction of sp³-hybridized carbons (Fsp3) is 0.444. The van der Waals surface area contributed by atoms with Crippen LogP contribution in [0, 0.1) is 6.92 Å². The summed E-state index contributed by atoms with van der Waals surface area (Å²) in [4.78, 5) is 10.6. The van der Waals surface area contributed by atoms with Gasteiger partial charge in [0, 0.05) is 31.4 Å². The summed E-state index contributed by atoms with van der Waals surface area (Å²) < 4.78 is 10.9. The van der Waals surface area contributed by atoms with Gasteiger partial charge in [0.15, 0.2) is 5.82 Å². The van der Waals surface area contributed by atoms with Gasteiger partial charge in [0.2, 0.25) is 0 Å². The molecule has 0 saturated carbocycles. The largest absolute Gasteiger partial charge is 0.462 e. The summed E-state index contributed by atoms with van der Waals surface area (Å²) in [6.07, 6.45) is 0. The molecule has 1 aromatic carbocycles. The van der Waals surface area contributed by atoms with Crippen molar-refractivity contribution in [1.29, 1.82) is 0 Å². The van der Waals surface area contributed by atoms with E-state index in [0.29, 0.717) is 24.7 Å². The maximum absolute atomic E-state index is 5.95. The molecule has 0 aliphatic carbocycles. The molecule has 0 unspecified atom stereocenters. The second-order valence-corrected chi connectivity index (χ2v) is 6.34. The van der Waals surface area contributed by atoms with Crippen LogP contribution in [0.2, 0.25) is 0 Å². The van der Waals surface area contributed by atoms with E-state index in [0.717, 1.165) is 44.0 Å². The van der Waals surface area contributed by atoms with Crippen LogP contribution in [0.15, 0.2) is 34.5 Å². The van der Waals surface area contributed by atoms with Gasteiger partial charge in [-0.3, -0.25) is 4.90 Å². The third-order valence-corrected chi connectivity index (χ3v) is 4.17. The van der Waals surface area contributed by atoms with E-state index in [1.807, 2.05) is 25.1 Å². The predicted octanol–water partition coefficient (Wildman–Crippen LogP) is 1.94. The Morgan fingerprint density at radius 1 is 1.19 bits per heavy atom. The van der Waals surface area contributed by atoms with Crippen LogP contribution >= 0.6 is 0 Å². The van der Waals surface area contributed by atoms with Crippen LogP contribution in [0.25, 0.3) is 0 Å². The number of anilines is 2. The quantitative estimate of drug-likeness (QED) is 0.563. The van der Waals surface area contributed by atoms with Crippen LogP contribution in [-0.4, -0.2) is 54.3 Å². The lowest BCUT2D eigenvalue weighted by molar-refractivity contribution is 0.0317. The number of nitrogen functional groups attached to an aromatic ring is 2. The highest BCUT2D eigenvalue weighted by Crippen LogP contribution is 2.19. The Labute approximate surface area is 158 Å². The van der Waals surface area contributed by atoms with E-state index in [2.05, 4.69) is 25.1 Å². The number of nitrogens with two attached hydrogens (primary N) is 2. The number of hydrogen-bond acceptors (Lipinski definition) is 9. The van der Waals surface area contributed by atoms with Gasteiger partial charge >= 0.3 is 6.01 Å².